The lowest BCUT2D eigenvalue weighted by atomic mass is 10.2. The Labute approximate surface area is 78.9 Å². The molecule has 0 rings (SSSR count). The summed E-state index contributed by atoms with van der Waals surface area (Å²) in [7, 11) is 0. The monoisotopic (exact) mass is 206 g/mol. The molecule has 0 aliphatic heterocycles. The number of carbonyl (C=O) groups is 3. The molecule has 0 aromatic carbocycles. The van der Waals surface area contributed by atoms with E-state index in [-0.39, 0.29) is 0 Å². The molecule has 0 saturated heterocycles. The van der Waals surface area contributed by atoms with Crippen molar-refractivity contribution in [1.29, 1.82) is 0 Å². The van der Waals surface area contributed by atoms with Gasteiger partial charge < -0.3 is 20.1 Å². The van der Waals surface area contributed by atoms with E-state index >= 15 is 0 Å². The summed E-state index contributed by atoms with van der Waals surface area (Å²) in [6.07, 6.45) is -4.22. The minimum atomic E-state index is -1.91. The number of aliphatic hydroxyl groups is 2. The average Bonchev–Trinajstić information content (AvgIpc) is 2.03. The maximum absolute atomic E-state index is 10.7. The smallest absolute Gasteiger partial charge is 0.342 e. The summed E-state index contributed by atoms with van der Waals surface area (Å²) in [5, 5.41) is 25.5. The van der Waals surface area contributed by atoms with E-state index in [2.05, 4.69) is 4.74 Å². The molecule has 0 spiro atoms. The van der Waals surface area contributed by atoms with Crippen LogP contribution in [0.3, 0.4) is 0 Å². The summed E-state index contributed by atoms with van der Waals surface area (Å²) in [5.41, 5.74) is 0. The molecule has 0 saturated carbocycles. The summed E-state index contributed by atoms with van der Waals surface area (Å²) in [6.45, 7) is 1.09. The molecule has 0 aliphatic carbocycles. The number of carbonyl (C=O) groups excluding carboxylic acids is 2. The van der Waals surface area contributed by atoms with E-state index in [9.17, 15) is 14.4 Å². The molecular formula is C7H10O7. The van der Waals surface area contributed by atoms with Crippen LogP contribution in [0, 0.1) is 0 Å². The Balaban J connectivity index is 3.99. The molecule has 0 aliphatic rings. The van der Waals surface area contributed by atoms with Crippen molar-refractivity contribution < 1.29 is 34.4 Å². The normalized spacial score (nSPS) is 14.2. The predicted octanol–water partition coefficient (Wildman–Crippen LogP) is -1.73. The molecule has 80 valence electrons. The number of carboxylic acid groups (broad SMARTS) is 1. The van der Waals surface area contributed by atoms with Crippen molar-refractivity contribution in [3.8, 4) is 0 Å². The Morgan fingerprint density at radius 2 is 1.79 bits per heavy atom. The van der Waals surface area contributed by atoms with Crippen LogP contribution in [0.5, 0.6) is 0 Å². The van der Waals surface area contributed by atoms with E-state index in [1.54, 1.807) is 0 Å². The Morgan fingerprint density at radius 3 is 2.14 bits per heavy atom. The summed E-state index contributed by atoms with van der Waals surface area (Å²) < 4.78 is 3.98. The van der Waals surface area contributed by atoms with Gasteiger partial charge in [0.15, 0.2) is 6.10 Å². The Hall–Kier alpha value is -1.47. The molecule has 3 N–H and O–H groups in total. The first-order valence-corrected chi connectivity index (χ1v) is 3.68. The lowest BCUT2D eigenvalue weighted by Gasteiger charge is -2.06. The van der Waals surface area contributed by atoms with Crippen LogP contribution in [-0.2, 0) is 19.1 Å². The summed E-state index contributed by atoms with van der Waals surface area (Å²) in [4.78, 5) is 31.3. The van der Waals surface area contributed by atoms with E-state index in [1.807, 2.05) is 0 Å². The van der Waals surface area contributed by atoms with Crippen LogP contribution in [-0.4, -0.2) is 45.4 Å². The highest BCUT2D eigenvalue weighted by molar-refractivity contribution is 5.89. The maximum atomic E-state index is 10.7. The van der Waals surface area contributed by atoms with E-state index < -0.39 is 36.5 Å². The zero-order valence-electron chi connectivity index (χ0n) is 7.34. The Morgan fingerprint density at radius 1 is 1.29 bits per heavy atom. The average molecular weight is 206 g/mol. The van der Waals surface area contributed by atoms with Gasteiger partial charge in [-0.2, -0.15) is 0 Å². The number of hydrogen-bond acceptors (Lipinski definition) is 6. The van der Waals surface area contributed by atoms with Crippen LogP contribution in [0.25, 0.3) is 0 Å². The predicted molar refractivity (Wildman–Crippen MR) is 41.0 cm³/mol. The van der Waals surface area contributed by atoms with Gasteiger partial charge in [0.05, 0.1) is 6.42 Å². The Kier molecular flexibility index (Phi) is 4.74. The molecule has 0 radical (unpaired) electrons. The summed E-state index contributed by atoms with van der Waals surface area (Å²) in [6, 6.07) is 0. The molecule has 2 unspecified atom stereocenters. The van der Waals surface area contributed by atoms with Crippen LogP contribution >= 0.6 is 0 Å². The van der Waals surface area contributed by atoms with E-state index in [0.717, 1.165) is 6.92 Å². The third kappa shape index (κ3) is 4.53. The second-order valence-electron chi connectivity index (χ2n) is 2.53. The molecule has 0 aromatic rings. The molecule has 0 aromatic heterocycles. The van der Waals surface area contributed by atoms with Gasteiger partial charge in [0, 0.05) is 0 Å². The quantitative estimate of drug-likeness (QED) is 0.369. The first kappa shape index (κ1) is 12.5. The van der Waals surface area contributed by atoms with Crippen molar-refractivity contribution >= 4 is 17.9 Å². The highest BCUT2D eigenvalue weighted by Gasteiger charge is 2.22. The molecule has 7 heteroatoms. The number of carboxylic acids is 1. The standard InChI is InChI=1S/C7H10O7/c1-3(8)7(13)14-5(10)2-4(9)6(11)12/h3-4,8-9H,2H2,1H3,(H,11,12). The zero-order valence-corrected chi connectivity index (χ0v) is 7.34. The van der Waals surface area contributed by atoms with Gasteiger partial charge in [-0.3, -0.25) is 4.79 Å². The van der Waals surface area contributed by atoms with Crippen molar-refractivity contribution in [3.63, 3.8) is 0 Å². The number of aliphatic hydroxyl groups excluding tert-OH is 2. The van der Waals surface area contributed by atoms with Gasteiger partial charge in [-0.05, 0) is 6.92 Å². The minimum Gasteiger partial charge on any atom is -0.479 e. The lowest BCUT2D eigenvalue weighted by Crippen LogP contribution is -2.28. The minimum absolute atomic E-state index is 0.839. The van der Waals surface area contributed by atoms with Crippen molar-refractivity contribution in [2.45, 2.75) is 25.6 Å². The van der Waals surface area contributed by atoms with Gasteiger partial charge >= 0.3 is 17.9 Å². The second kappa shape index (κ2) is 5.30. The van der Waals surface area contributed by atoms with Gasteiger partial charge in [0.1, 0.15) is 6.10 Å². The summed E-state index contributed by atoms with van der Waals surface area (Å²) in [5.74, 6) is -3.98. The number of ether oxygens (including phenoxy) is 1. The summed E-state index contributed by atoms with van der Waals surface area (Å²) >= 11 is 0. The van der Waals surface area contributed by atoms with Gasteiger partial charge in [0.2, 0.25) is 0 Å². The van der Waals surface area contributed by atoms with E-state index in [4.69, 9.17) is 15.3 Å². The molecule has 0 heterocycles. The molecule has 7 nitrogen and oxygen atoms in total. The molecule has 0 amide bonds. The van der Waals surface area contributed by atoms with Crippen LogP contribution in [0.4, 0.5) is 0 Å². The fourth-order valence-corrected chi connectivity index (χ4v) is 0.484. The first-order chi connectivity index (χ1) is 6.34. The molecule has 0 bridgehead atoms. The fraction of sp³-hybridized carbons (Fsp3) is 0.571. The molecule has 2 atom stereocenters. The largest absolute Gasteiger partial charge is 0.479 e. The van der Waals surface area contributed by atoms with E-state index in [1.165, 1.54) is 0 Å². The van der Waals surface area contributed by atoms with Crippen molar-refractivity contribution in [2.75, 3.05) is 0 Å². The van der Waals surface area contributed by atoms with Crippen molar-refractivity contribution in [3.05, 3.63) is 0 Å². The maximum Gasteiger partial charge on any atom is 0.342 e. The first-order valence-electron chi connectivity index (χ1n) is 3.68. The number of rotatable bonds is 4. The van der Waals surface area contributed by atoms with E-state index in [0.29, 0.717) is 0 Å². The van der Waals surface area contributed by atoms with Crippen molar-refractivity contribution in [2.24, 2.45) is 0 Å². The molecule has 14 heavy (non-hydrogen) atoms. The van der Waals surface area contributed by atoms with Crippen LogP contribution in [0.15, 0.2) is 0 Å². The SMILES string of the molecule is CC(O)C(=O)OC(=O)CC(O)C(=O)O. The van der Waals surface area contributed by atoms with Crippen LogP contribution in [0.2, 0.25) is 0 Å². The van der Waals surface area contributed by atoms with Gasteiger partial charge in [-0.1, -0.05) is 0 Å². The fourth-order valence-electron chi connectivity index (χ4n) is 0.484. The highest BCUT2D eigenvalue weighted by Crippen LogP contribution is 1.97. The van der Waals surface area contributed by atoms with Crippen LogP contribution < -0.4 is 0 Å². The number of esters is 2. The van der Waals surface area contributed by atoms with Gasteiger partial charge in [-0.25, -0.2) is 9.59 Å². The molecular weight excluding hydrogens is 196 g/mol. The van der Waals surface area contributed by atoms with Gasteiger partial charge in [-0.15, -0.1) is 0 Å². The topological polar surface area (TPSA) is 121 Å². The lowest BCUT2D eigenvalue weighted by molar-refractivity contribution is -0.168. The second-order valence-corrected chi connectivity index (χ2v) is 2.53. The Bertz CT molecular complexity index is 244. The number of aliphatic carboxylic acids is 1. The number of hydrogen-bond donors (Lipinski definition) is 3. The third-order valence-corrected chi connectivity index (χ3v) is 1.20. The highest BCUT2D eigenvalue weighted by atomic mass is 16.6. The third-order valence-electron chi connectivity index (χ3n) is 1.20. The van der Waals surface area contributed by atoms with Crippen molar-refractivity contribution in [1.82, 2.24) is 0 Å². The zero-order chi connectivity index (χ0) is 11.3. The molecule has 0 fully saturated rings. The van der Waals surface area contributed by atoms with Gasteiger partial charge in [0.25, 0.3) is 0 Å². The van der Waals surface area contributed by atoms with Crippen LogP contribution in [0.1, 0.15) is 13.3 Å².